The second-order valence-corrected chi connectivity index (χ2v) is 7.11. The van der Waals surface area contributed by atoms with E-state index in [9.17, 15) is 15.0 Å². The smallest absolute Gasteiger partial charge is 0.314 e. The largest absolute Gasteiger partial charge is 0.481 e. The van der Waals surface area contributed by atoms with Crippen LogP contribution in [0.2, 0.25) is 0 Å². The Labute approximate surface area is 109 Å². The molecule has 2 rings (SSSR count). The molecule has 1 aromatic carbocycles. The minimum Gasteiger partial charge on any atom is -0.481 e. The van der Waals surface area contributed by atoms with Gasteiger partial charge in [0.05, 0.1) is 5.41 Å². The monoisotopic (exact) mass is 248 g/mol. The first-order valence-electron chi connectivity index (χ1n) is 5.98. The third kappa shape index (κ3) is 2.40. The van der Waals surface area contributed by atoms with Crippen molar-refractivity contribution in [3.63, 3.8) is 0 Å². The van der Waals surface area contributed by atoms with Crippen LogP contribution in [0.5, 0.6) is 0 Å². The van der Waals surface area contributed by atoms with E-state index < -0.39 is 15.8 Å². The number of hydrogen-bond acceptors (Lipinski definition) is 2. The molecular weight excluding hydrogens is 231 g/mol. The molecule has 1 aliphatic rings. The number of carboxylic acids is 1. The molecule has 0 bridgehead atoms. The minimum atomic E-state index is -0.794. The van der Waals surface area contributed by atoms with Crippen molar-refractivity contribution in [1.29, 1.82) is 0 Å². The van der Waals surface area contributed by atoms with Crippen LogP contribution in [0, 0.1) is 0 Å². The van der Waals surface area contributed by atoms with Crippen LogP contribution in [0.1, 0.15) is 31.2 Å². The lowest BCUT2D eigenvalue weighted by molar-refractivity contribution is -0.146. The standard InChI is InChI=1S/C13H15O3.Al.2H/c14-11-6-8-13(9-7-11,12(15)16)10-4-2-1-3-5-10;;;/h1-5,14H,6-9H2,(H,15,16);;;. The van der Waals surface area contributed by atoms with Gasteiger partial charge < -0.3 is 10.2 Å². The van der Waals surface area contributed by atoms with Crippen LogP contribution in [0.3, 0.4) is 0 Å². The maximum absolute atomic E-state index is 11.6. The van der Waals surface area contributed by atoms with Crippen LogP contribution in [0.15, 0.2) is 30.3 Å². The van der Waals surface area contributed by atoms with E-state index in [4.69, 9.17) is 0 Å². The Morgan fingerprint density at radius 1 is 1.12 bits per heavy atom. The van der Waals surface area contributed by atoms with Crippen LogP contribution in [0.25, 0.3) is 0 Å². The summed E-state index contributed by atoms with van der Waals surface area (Å²) in [5, 5.41) is 19.5. The number of aliphatic hydroxyl groups is 1. The van der Waals surface area contributed by atoms with E-state index in [0.717, 1.165) is 5.56 Å². The van der Waals surface area contributed by atoms with Crippen molar-refractivity contribution < 1.29 is 15.0 Å². The average Bonchev–Trinajstić information content (AvgIpc) is 2.30. The van der Waals surface area contributed by atoms with Gasteiger partial charge in [-0.15, -0.1) is 0 Å². The van der Waals surface area contributed by atoms with Crippen LogP contribution >= 0.6 is 0 Å². The quantitative estimate of drug-likeness (QED) is 0.765. The van der Waals surface area contributed by atoms with Gasteiger partial charge in [-0.25, -0.2) is 0 Å². The highest BCUT2D eigenvalue weighted by Crippen LogP contribution is 2.42. The van der Waals surface area contributed by atoms with Gasteiger partial charge in [0.25, 0.3) is 16.3 Å². The van der Waals surface area contributed by atoms with Crippen molar-refractivity contribution >= 4 is 22.3 Å². The molecule has 0 amide bonds. The van der Waals surface area contributed by atoms with E-state index in [1.165, 1.54) is 0 Å². The summed E-state index contributed by atoms with van der Waals surface area (Å²) in [5.41, 5.74) is 0.0717. The number of benzene rings is 1. The number of aliphatic carboxylic acids is 1. The molecule has 1 saturated carbocycles. The van der Waals surface area contributed by atoms with Crippen LogP contribution in [-0.4, -0.2) is 36.9 Å². The lowest BCUT2D eigenvalue weighted by Crippen LogP contribution is -2.46. The van der Waals surface area contributed by atoms with Gasteiger partial charge >= 0.3 is 5.97 Å². The Hall–Kier alpha value is -0.818. The Bertz CT molecular complexity index is 404. The van der Waals surface area contributed by atoms with Gasteiger partial charge in [0.1, 0.15) is 0 Å². The summed E-state index contributed by atoms with van der Waals surface area (Å²) in [4.78, 5) is 11.6. The Balaban J connectivity index is 2.33. The number of carboxylic acid groups (broad SMARTS) is 1. The topological polar surface area (TPSA) is 57.5 Å². The van der Waals surface area contributed by atoms with Crippen molar-refractivity contribution in [2.24, 2.45) is 0 Å². The number of rotatable bonds is 2. The molecule has 3 nitrogen and oxygen atoms in total. The molecular formula is C13H17AlO3. The first kappa shape index (κ1) is 12.6. The predicted molar refractivity (Wildman–Crippen MR) is 67.7 cm³/mol. The summed E-state index contributed by atoms with van der Waals surface area (Å²) < 4.78 is -0.576. The van der Waals surface area contributed by atoms with Crippen molar-refractivity contribution in [2.45, 2.75) is 35.6 Å². The Kier molecular flexibility index (Phi) is 3.31. The summed E-state index contributed by atoms with van der Waals surface area (Å²) in [6.45, 7) is 0. The molecule has 0 aromatic heterocycles. The fourth-order valence-corrected chi connectivity index (χ4v) is 3.10. The second-order valence-electron chi connectivity index (χ2n) is 5.25. The molecule has 2 N–H and O–H groups in total. The molecule has 0 atom stereocenters. The SMILES string of the molecule is O=C(O)C1(c2ccccc2)CC[C](O)([AlH2])CC1. The van der Waals surface area contributed by atoms with Gasteiger partial charge in [-0.1, -0.05) is 30.3 Å². The fourth-order valence-electron chi connectivity index (χ4n) is 2.60. The van der Waals surface area contributed by atoms with Crippen LogP contribution < -0.4 is 0 Å². The van der Waals surface area contributed by atoms with Gasteiger partial charge in [-0.3, -0.25) is 4.79 Å². The zero-order valence-electron chi connectivity index (χ0n) is 10.0. The molecule has 1 aliphatic carbocycles. The molecule has 0 unspecified atom stereocenters. The first-order valence-corrected chi connectivity index (χ1v) is 6.98. The van der Waals surface area contributed by atoms with Gasteiger partial charge in [0.15, 0.2) is 0 Å². The van der Waals surface area contributed by atoms with E-state index in [0.29, 0.717) is 42.0 Å². The zero-order valence-corrected chi connectivity index (χ0v) is 12.0. The third-order valence-electron chi connectivity index (χ3n) is 3.92. The molecule has 1 aromatic rings. The lowest BCUT2D eigenvalue weighted by atomic mass is 9.68. The van der Waals surface area contributed by atoms with E-state index in [1.54, 1.807) is 0 Å². The van der Waals surface area contributed by atoms with Crippen LogP contribution in [-0.2, 0) is 10.2 Å². The zero-order chi connectivity index (χ0) is 12.5. The highest BCUT2D eigenvalue weighted by Gasteiger charge is 2.45. The van der Waals surface area contributed by atoms with Crippen molar-refractivity contribution in [3.05, 3.63) is 35.9 Å². The second kappa shape index (κ2) is 4.45. The van der Waals surface area contributed by atoms with Crippen molar-refractivity contribution in [1.82, 2.24) is 0 Å². The summed E-state index contributed by atoms with van der Waals surface area (Å²) in [6, 6.07) is 9.41. The third-order valence-corrected chi connectivity index (χ3v) is 4.92. The highest BCUT2D eigenvalue weighted by atomic mass is 27.0. The molecule has 0 spiro atoms. The van der Waals surface area contributed by atoms with Crippen molar-refractivity contribution in [3.8, 4) is 0 Å². The lowest BCUT2D eigenvalue weighted by Gasteiger charge is -2.40. The van der Waals surface area contributed by atoms with E-state index in [2.05, 4.69) is 0 Å². The van der Waals surface area contributed by atoms with Gasteiger partial charge in [0, 0.05) is 4.46 Å². The minimum absolute atomic E-state index is 0.534. The summed E-state index contributed by atoms with van der Waals surface area (Å²) in [6.07, 6.45) is 2.26. The van der Waals surface area contributed by atoms with Gasteiger partial charge in [0.2, 0.25) is 0 Å². The highest BCUT2D eigenvalue weighted by molar-refractivity contribution is 6.14. The molecule has 0 radical (unpaired) electrons. The van der Waals surface area contributed by atoms with E-state index in [-0.39, 0.29) is 0 Å². The normalized spacial score (nSPS) is 33.2. The number of hydrogen-bond donors (Lipinski definition) is 2. The molecule has 0 heterocycles. The molecule has 1 fully saturated rings. The van der Waals surface area contributed by atoms with Crippen molar-refractivity contribution in [2.75, 3.05) is 0 Å². The maximum Gasteiger partial charge on any atom is 0.314 e. The fraction of sp³-hybridized carbons (Fsp3) is 0.462. The Morgan fingerprint density at radius 3 is 2.12 bits per heavy atom. The molecule has 4 heteroatoms. The summed E-state index contributed by atoms with van der Waals surface area (Å²) >= 11 is 0.710. The molecule has 90 valence electrons. The number of carbonyl (C=O) groups is 1. The average molecular weight is 248 g/mol. The molecule has 0 saturated heterocycles. The Morgan fingerprint density at radius 2 is 1.65 bits per heavy atom. The van der Waals surface area contributed by atoms with E-state index >= 15 is 0 Å². The summed E-state index contributed by atoms with van der Waals surface area (Å²) in [5.74, 6) is -0.763. The van der Waals surface area contributed by atoms with Gasteiger partial charge in [-0.05, 0) is 31.2 Å². The van der Waals surface area contributed by atoms with E-state index in [1.807, 2.05) is 30.3 Å². The first-order chi connectivity index (χ1) is 7.96. The predicted octanol–water partition coefficient (Wildman–Crippen LogP) is 0.905. The molecule has 0 aliphatic heterocycles. The molecule has 17 heavy (non-hydrogen) atoms. The maximum atomic E-state index is 11.6. The van der Waals surface area contributed by atoms with Crippen LogP contribution in [0.4, 0.5) is 0 Å². The summed E-state index contributed by atoms with van der Waals surface area (Å²) in [7, 11) is 0. The van der Waals surface area contributed by atoms with Gasteiger partial charge in [-0.2, -0.15) is 0 Å².